The summed E-state index contributed by atoms with van der Waals surface area (Å²) in [5.74, 6) is -1.14. The third kappa shape index (κ3) is 17.9. The fraction of sp³-hybridized carbons (Fsp3) is 0.421. The van der Waals surface area contributed by atoms with Gasteiger partial charge in [-0.3, -0.25) is 0 Å². The van der Waals surface area contributed by atoms with Crippen molar-refractivity contribution in [1.29, 1.82) is 0 Å². The highest BCUT2D eigenvalue weighted by Crippen LogP contribution is 2.20. The van der Waals surface area contributed by atoms with Gasteiger partial charge in [-0.1, -0.05) is 0 Å². The van der Waals surface area contributed by atoms with E-state index in [1.807, 2.05) is 86.1 Å². The molecule has 2 aromatic heterocycles. The van der Waals surface area contributed by atoms with E-state index in [0.29, 0.717) is 0 Å². The van der Waals surface area contributed by atoms with Crippen LogP contribution in [0.5, 0.6) is 11.5 Å². The summed E-state index contributed by atoms with van der Waals surface area (Å²) >= 11 is 0. The minimum Gasteiger partial charge on any atom is -0.741 e. The zero-order valence-electron chi connectivity index (χ0n) is 19.0. The summed E-state index contributed by atoms with van der Waals surface area (Å²) in [6.07, 6.45) is 2.66. The molecule has 0 bridgehead atoms. The topological polar surface area (TPSA) is 124 Å². The number of halogens is 6. The van der Waals surface area contributed by atoms with Crippen LogP contribution >= 0.6 is 0 Å². The minimum atomic E-state index is -6.09. The zero-order valence-corrected chi connectivity index (χ0v) is 19.8. The Morgan fingerprint density at radius 3 is 1.20 bits per heavy atom. The van der Waals surface area contributed by atoms with Gasteiger partial charge in [0.25, 0.3) is 0 Å². The average molecular weight is 538 g/mol. The van der Waals surface area contributed by atoms with Crippen molar-refractivity contribution >= 4 is 16.1 Å². The van der Waals surface area contributed by atoms with Crippen molar-refractivity contribution in [2.45, 2.75) is 25.5 Å². The smallest absolute Gasteiger partial charge is 0.485 e. The molecule has 9 nitrogen and oxygen atoms in total. The lowest BCUT2D eigenvalue weighted by atomic mass is 10.4. The number of aromatic nitrogens is 2. The Balaban J connectivity index is 0. The van der Waals surface area contributed by atoms with Crippen LogP contribution in [0.1, 0.15) is 13.8 Å². The van der Waals surface area contributed by atoms with Crippen molar-refractivity contribution in [3.8, 4) is 11.5 Å². The van der Waals surface area contributed by atoms with Gasteiger partial charge in [-0.25, -0.2) is 17.6 Å². The van der Waals surface area contributed by atoms with E-state index >= 15 is 0 Å². The molecule has 0 amide bonds. The SMILES string of the molecule is CCOc1cc[n+](C)cc1.CCOc1cc[n+](C)cc1.O=C([O-])C(F)(F)F.O=S(=O)([O-])C(F)(F)F. The van der Waals surface area contributed by atoms with E-state index in [1.165, 1.54) is 0 Å². The number of hydrogen-bond acceptors (Lipinski definition) is 7. The van der Waals surface area contributed by atoms with Gasteiger partial charge in [0.1, 0.15) is 31.6 Å². The molecule has 0 aliphatic carbocycles. The van der Waals surface area contributed by atoms with E-state index < -0.39 is 27.8 Å². The molecule has 16 heteroatoms. The highest BCUT2D eigenvalue weighted by molar-refractivity contribution is 7.86. The number of alkyl halides is 6. The second-order valence-electron chi connectivity index (χ2n) is 5.95. The number of rotatable bonds is 4. The fourth-order valence-electron chi connectivity index (χ4n) is 1.50. The van der Waals surface area contributed by atoms with Crippen LogP contribution in [0.3, 0.4) is 0 Å². The molecule has 0 saturated carbocycles. The molecular formula is C19H24F6N2O7S. The zero-order chi connectivity index (χ0) is 27.9. The number of pyridine rings is 2. The van der Waals surface area contributed by atoms with Gasteiger partial charge >= 0.3 is 11.7 Å². The van der Waals surface area contributed by atoms with Gasteiger partial charge in [0.15, 0.2) is 34.9 Å². The molecule has 0 aromatic carbocycles. The maximum atomic E-state index is 10.7. The summed E-state index contributed by atoms with van der Waals surface area (Å²) in [6, 6.07) is 7.79. The molecule has 2 rings (SSSR count). The van der Waals surface area contributed by atoms with Gasteiger partial charge in [-0.05, 0) is 13.8 Å². The lowest BCUT2D eigenvalue weighted by Crippen LogP contribution is -2.37. The number of carboxylic acid groups (broad SMARTS) is 1. The number of hydrogen-bond donors (Lipinski definition) is 0. The predicted octanol–water partition coefficient (Wildman–Crippen LogP) is 1.17. The summed E-state index contributed by atoms with van der Waals surface area (Å²) < 4.78 is 105. The molecule has 35 heavy (non-hydrogen) atoms. The van der Waals surface area contributed by atoms with Crippen LogP contribution in [0.25, 0.3) is 0 Å². The summed E-state index contributed by atoms with van der Waals surface area (Å²) in [7, 11) is -2.13. The predicted molar refractivity (Wildman–Crippen MR) is 104 cm³/mol. The van der Waals surface area contributed by atoms with E-state index in [1.54, 1.807) is 0 Å². The fourth-order valence-corrected chi connectivity index (χ4v) is 1.50. The van der Waals surface area contributed by atoms with Crippen LogP contribution in [0.15, 0.2) is 49.1 Å². The van der Waals surface area contributed by atoms with Crippen LogP contribution in [-0.2, 0) is 29.0 Å². The standard InChI is InChI=1S/2C8H12NO.C2HF3O2.CHF3O3S/c2*1-3-10-8-4-6-9(2)7-5-8;3-2(4,5)1(6)7;2-1(3,4)8(5,6)7/h2*4-7H,3H2,1-2H3;(H,6,7);(H,5,6,7)/q2*+1;;/p-2. The van der Waals surface area contributed by atoms with Crippen molar-refractivity contribution < 1.29 is 67.8 Å². The summed E-state index contributed by atoms with van der Waals surface area (Å²) in [5, 5.41) is 8.78. The number of aliphatic carboxylic acids is 1. The maximum Gasteiger partial charge on any atom is 0.485 e. The molecular weight excluding hydrogens is 514 g/mol. The molecule has 2 aromatic rings. The van der Waals surface area contributed by atoms with Gasteiger partial charge in [0, 0.05) is 24.3 Å². The lowest BCUT2D eigenvalue weighted by Gasteiger charge is -2.08. The molecule has 0 saturated heterocycles. The first kappa shape index (κ1) is 34.0. The first-order valence-corrected chi connectivity index (χ1v) is 10.7. The highest BCUT2D eigenvalue weighted by atomic mass is 32.2. The quantitative estimate of drug-likeness (QED) is 0.248. The van der Waals surface area contributed by atoms with Gasteiger partial charge in [-0.15, -0.1) is 0 Å². The van der Waals surface area contributed by atoms with Gasteiger partial charge in [0.05, 0.1) is 13.2 Å². The second-order valence-corrected chi connectivity index (χ2v) is 7.32. The molecule has 0 aliphatic rings. The van der Waals surface area contributed by atoms with Crippen LogP contribution in [0.4, 0.5) is 26.3 Å². The molecule has 0 radical (unpaired) electrons. The molecule has 0 aliphatic heterocycles. The van der Waals surface area contributed by atoms with E-state index in [4.69, 9.17) is 32.3 Å². The first-order valence-electron chi connectivity index (χ1n) is 9.31. The summed E-state index contributed by atoms with van der Waals surface area (Å²) in [6.45, 7) is 5.42. The molecule has 2 heterocycles. The van der Waals surface area contributed by atoms with Gasteiger partial charge < -0.3 is 23.9 Å². The molecule has 200 valence electrons. The van der Waals surface area contributed by atoms with E-state index in [2.05, 4.69) is 0 Å². The Morgan fingerprint density at radius 2 is 1.06 bits per heavy atom. The summed E-state index contributed by atoms with van der Waals surface area (Å²) in [5.41, 5.74) is -5.65. The Labute approximate surface area is 197 Å². The van der Waals surface area contributed by atoms with Crippen molar-refractivity contribution in [2.75, 3.05) is 13.2 Å². The van der Waals surface area contributed by atoms with Gasteiger partial charge in [0.2, 0.25) is 0 Å². The molecule has 0 fully saturated rings. The van der Waals surface area contributed by atoms with Crippen molar-refractivity contribution in [2.24, 2.45) is 14.1 Å². The van der Waals surface area contributed by atoms with E-state index in [9.17, 15) is 26.3 Å². The Bertz CT molecular complexity index is 918. The highest BCUT2D eigenvalue weighted by Gasteiger charge is 2.36. The van der Waals surface area contributed by atoms with Crippen LogP contribution in [-0.4, -0.2) is 43.8 Å². The monoisotopic (exact) mass is 538 g/mol. The number of carboxylic acids is 1. The summed E-state index contributed by atoms with van der Waals surface area (Å²) in [4.78, 5) is 8.78. The largest absolute Gasteiger partial charge is 0.741 e. The van der Waals surface area contributed by atoms with Crippen molar-refractivity contribution in [1.82, 2.24) is 0 Å². The Kier molecular flexibility index (Phi) is 15.3. The van der Waals surface area contributed by atoms with Crippen molar-refractivity contribution in [3.63, 3.8) is 0 Å². The molecule has 0 spiro atoms. The number of nitrogens with zero attached hydrogens (tertiary/aromatic N) is 2. The number of aryl methyl sites for hydroxylation is 2. The number of carbonyl (C=O) groups excluding carboxylic acids is 1. The minimum absolute atomic E-state index is 0.730. The van der Waals surface area contributed by atoms with E-state index in [-0.39, 0.29) is 0 Å². The van der Waals surface area contributed by atoms with E-state index in [0.717, 1.165) is 24.7 Å². The van der Waals surface area contributed by atoms with Crippen LogP contribution < -0.4 is 23.7 Å². The molecule has 0 N–H and O–H groups in total. The van der Waals surface area contributed by atoms with Crippen LogP contribution in [0, 0.1) is 0 Å². The second kappa shape index (κ2) is 15.7. The normalized spacial score (nSPS) is 10.8. The first-order chi connectivity index (χ1) is 15.8. The molecule has 0 atom stereocenters. The third-order valence-electron chi connectivity index (χ3n) is 3.03. The Hall–Kier alpha value is -3.14. The third-order valence-corrected chi connectivity index (χ3v) is 3.60. The van der Waals surface area contributed by atoms with Crippen LogP contribution in [0.2, 0.25) is 0 Å². The van der Waals surface area contributed by atoms with Crippen molar-refractivity contribution in [3.05, 3.63) is 49.1 Å². The average Bonchev–Trinajstić information content (AvgIpc) is 2.71. The number of ether oxygens (including phenoxy) is 2. The number of carbonyl (C=O) groups is 1. The molecule has 0 unspecified atom stereocenters. The van der Waals surface area contributed by atoms with Gasteiger partial charge in [-0.2, -0.15) is 26.3 Å². The lowest BCUT2D eigenvalue weighted by molar-refractivity contribution is -0.671. The Morgan fingerprint density at radius 1 is 0.829 bits per heavy atom. The maximum absolute atomic E-state index is 10.7.